The first-order valence-electron chi connectivity index (χ1n) is 10.7. The third kappa shape index (κ3) is 4.55. The Morgan fingerprint density at radius 1 is 1.12 bits per heavy atom. The number of aromatic nitrogens is 4. The molecule has 0 spiro atoms. The number of H-pyrrole nitrogens is 1. The average molecular weight is 517 g/mol. The van der Waals surface area contributed by atoms with Crippen LogP contribution in [-0.2, 0) is 9.73 Å². The molecule has 1 saturated heterocycles. The molecule has 1 unspecified atom stereocenters. The molecule has 1 aliphatic rings. The maximum atomic E-state index is 11.9. The van der Waals surface area contributed by atoms with E-state index in [1.54, 1.807) is 18.6 Å². The predicted molar refractivity (Wildman–Crippen MR) is 135 cm³/mol. The topological polar surface area (TPSA) is 108 Å². The third-order valence-corrected chi connectivity index (χ3v) is 8.16. The van der Waals surface area contributed by atoms with Gasteiger partial charge in [-0.25, -0.2) is 9.19 Å². The van der Waals surface area contributed by atoms with Gasteiger partial charge in [0.2, 0.25) is 0 Å². The highest BCUT2D eigenvalue weighted by Crippen LogP contribution is 2.35. The summed E-state index contributed by atoms with van der Waals surface area (Å²) in [5.41, 5.74) is 3.19. The molecule has 4 aromatic rings. The van der Waals surface area contributed by atoms with E-state index in [9.17, 15) is 4.21 Å². The molecule has 1 atom stereocenters. The molecule has 176 valence electrons. The number of nitrogens with zero attached hydrogens (tertiary/aromatic N) is 4. The second kappa shape index (κ2) is 9.05. The lowest BCUT2D eigenvalue weighted by molar-refractivity contribution is 0.227. The fourth-order valence-electron chi connectivity index (χ4n) is 4.03. The molecule has 0 radical (unpaired) electrons. The van der Waals surface area contributed by atoms with E-state index in [0.29, 0.717) is 46.0 Å². The number of hydrogen-bond donors (Lipinski definition) is 2. The molecule has 5 rings (SSSR count). The molecule has 1 aromatic carbocycles. The molecular weight excluding hydrogens is 495 g/mol. The van der Waals surface area contributed by atoms with Crippen molar-refractivity contribution in [2.75, 3.05) is 29.5 Å². The SMILES string of the molecule is CC(Oc1ccc2[nH]nc(-c3ccc(N4CCS(=N)(=O)CC4)nc3)c2c1)c1c(Cl)cncc1Cl. The van der Waals surface area contributed by atoms with Crippen LogP contribution in [0.4, 0.5) is 5.82 Å². The Hall–Kier alpha value is -2.88. The van der Waals surface area contributed by atoms with Gasteiger partial charge in [-0.15, -0.1) is 0 Å². The zero-order chi connectivity index (χ0) is 23.9. The van der Waals surface area contributed by atoms with E-state index in [-0.39, 0.29) is 6.10 Å². The minimum atomic E-state index is -2.44. The first-order chi connectivity index (χ1) is 16.3. The van der Waals surface area contributed by atoms with Gasteiger partial charge in [-0.05, 0) is 37.3 Å². The van der Waals surface area contributed by atoms with Crippen molar-refractivity contribution in [1.82, 2.24) is 20.2 Å². The van der Waals surface area contributed by atoms with E-state index in [4.69, 9.17) is 32.7 Å². The van der Waals surface area contributed by atoms with Crippen LogP contribution in [0, 0.1) is 4.78 Å². The molecule has 0 bridgehead atoms. The van der Waals surface area contributed by atoms with Gasteiger partial charge in [0.1, 0.15) is 23.4 Å². The molecule has 1 fully saturated rings. The van der Waals surface area contributed by atoms with Gasteiger partial charge >= 0.3 is 0 Å². The summed E-state index contributed by atoms with van der Waals surface area (Å²) in [6, 6.07) is 9.61. The van der Waals surface area contributed by atoms with Gasteiger partial charge in [-0.2, -0.15) is 5.10 Å². The average Bonchev–Trinajstić information content (AvgIpc) is 3.22. The fraction of sp³-hybridized carbons (Fsp3) is 0.261. The highest BCUT2D eigenvalue weighted by Gasteiger charge is 2.21. The van der Waals surface area contributed by atoms with Crippen LogP contribution >= 0.6 is 23.2 Å². The van der Waals surface area contributed by atoms with Crippen molar-refractivity contribution in [1.29, 1.82) is 4.78 Å². The smallest absolute Gasteiger partial charge is 0.128 e. The highest BCUT2D eigenvalue weighted by molar-refractivity contribution is 7.92. The van der Waals surface area contributed by atoms with Gasteiger partial charge in [-0.3, -0.25) is 14.9 Å². The molecule has 11 heteroatoms. The van der Waals surface area contributed by atoms with Gasteiger partial charge in [0.25, 0.3) is 0 Å². The van der Waals surface area contributed by atoms with E-state index in [1.807, 2.05) is 37.3 Å². The van der Waals surface area contributed by atoms with E-state index < -0.39 is 9.73 Å². The number of anilines is 1. The quantitative estimate of drug-likeness (QED) is 0.370. The number of aromatic amines is 1. The van der Waals surface area contributed by atoms with Crippen molar-refractivity contribution in [3.8, 4) is 17.0 Å². The van der Waals surface area contributed by atoms with Gasteiger partial charge < -0.3 is 9.64 Å². The molecule has 8 nitrogen and oxygen atoms in total. The standard InChI is InChI=1S/C23H22Cl2N6O2S/c1-14(22-18(24)12-27-13-19(22)25)33-16-3-4-20-17(10-16)23(30-29-20)15-2-5-21(28-11-15)31-6-8-34(26,32)9-7-31/h2-5,10-14,26H,6-9H2,1H3,(H,29,30). The molecule has 2 N–H and O–H groups in total. The number of rotatable bonds is 5. The van der Waals surface area contributed by atoms with E-state index in [1.165, 1.54) is 0 Å². The normalized spacial score (nSPS) is 16.5. The molecule has 0 amide bonds. The summed E-state index contributed by atoms with van der Waals surface area (Å²) in [5.74, 6) is 2.21. The maximum absolute atomic E-state index is 11.9. The minimum Gasteiger partial charge on any atom is -0.486 e. The fourth-order valence-corrected chi connectivity index (χ4v) is 5.94. The minimum absolute atomic E-state index is 0.373. The van der Waals surface area contributed by atoms with Gasteiger partial charge in [0.15, 0.2) is 0 Å². The number of halogens is 2. The second-order valence-electron chi connectivity index (χ2n) is 8.17. The van der Waals surface area contributed by atoms with E-state index in [0.717, 1.165) is 28.0 Å². The summed E-state index contributed by atoms with van der Waals surface area (Å²) in [4.78, 5) is 10.6. The Morgan fingerprint density at radius 2 is 1.85 bits per heavy atom. The lowest BCUT2D eigenvalue weighted by atomic mass is 10.1. The molecule has 4 heterocycles. The molecule has 0 aliphatic carbocycles. The maximum Gasteiger partial charge on any atom is 0.128 e. The van der Waals surface area contributed by atoms with E-state index in [2.05, 4.69) is 25.1 Å². The largest absolute Gasteiger partial charge is 0.486 e. The summed E-state index contributed by atoms with van der Waals surface area (Å²) < 4.78 is 25.8. The van der Waals surface area contributed by atoms with Crippen molar-refractivity contribution in [2.24, 2.45) is 0 Å². The van der Waals surface area contributed by atoms with Crippen molar-refractivity contribution < 1.29 is 8.95 Å². The van der Waals surface area contributed by atoms with Crippen molar-refractivity contribution in [3.63, 3.8) is 0 Å². The summed E-state index contributed by atoms with van der Waals surface area (Å²) in [7, 11) is -2.44. The summed E-state index contributed by atoms with van der Waals surface area (Å²) in [5, 5.41) is 9.35. The van der Waals surface area contributed by atoms with Crippen LogP contribution in [0.5, 0.6) is 5.75 Å². The zero-order valence-corrected chi connectivity index (χ0v) is 20.6. The van der Waals surface area contributed by atoms with Crippen LogP contribution in [0.25, 0.3) is 22.2 Å². The third-order valence-electron chi connectivity index (χ3n) is 5.87. The summed E-state index contributed by atoms with van der Waals surface area (Å²) in [6.45, 7) is 3.03. The van der Waals surface area contributed by atoms with Gasteiger partial charge in [0.05, 0.1) is 15.6 Å². The zero-order valence-electron chi connectivity index (χ0n) is 18.3. The van der Waals surface area contributed by atoms with Crippen LogP contribution in [0.1, 0.15) is 18.6 Å². The van der Waals surface area contributed by atoms with Crippen molar-refractivity contribution in [2.45, 2.75) is 13.0 Å². The van der Waals surface area contributed by atoms with Crippen LogP contribution in [0.2, 0.25) is 10.0 Å². The summed E-state index contributed by atoms with van der Waals surface area (Å²) >= 11 is 12.6. The Kier molecular flexibility index (Phi) is 6.09. The Labute approximate surface area is 207 Å². The predicted octanol–water partition coefficient (Wildman–Crippen LogP) is 5.33. The number of fused-ring (bicyclic) bond motifs is 1. The van der Waals surface area contributed by atoms with Gasteiger partial charge in [-0.1, -0.05) is 23.2 Å². The highest BCUT2D eigenvalue weighted by atomic mass is 35.5. The lowest BCUT2D eigenvalue weighted by Gasteiger charge is -2.28. The first kappa shape index (κ1) is 22.9. The van der Waals surface area contributed by atoms with E-state index >= 15 is 0 Å². The van der Waals surface area contributed by atoms with Gasteiger partial charge in [0, 0.05) is 69.4 Å². The monoisotopic (exact) mass is 516 g/mol. The number of ether oxygens (including phenoxy) is 1. The molecule has 34 heavy (non-hydrogen) atoms. The molecule has 0 saturated carbocycles. The Bertz CT molecular complexity index is 1420. The number of pyridine rings is 2. The number of benzene rings is 1. The van der Waals surface area contributed by atoms with Crippen LogP contribution < -0.4 is 9.64 Å². The van der Waals surface area contributed by atoms with Crippen LogP contribution in [-0.4, -0.2) is 49.0 Å². The Balaban J connectivity index is 1.39. The molecule has 1 aliphatic heterocycles. The van der Waals surface area contributed by atoms with Crippen LogP contribution in [0.3, 0.4) is 0 Å². The first-order valence-corrected chi connectivity index (χ1v) is 13.4. The number of nitrogens with one attached hydrogen (secondary N) is 2. The number of hydrogen-bond acceptors (Lipinski definition) is 7. The lowest BCUT2D eigenvalue weighted by Crippen LogP contribution is -2.40. The Morgan fingerprint density at radius 3 is 2.53 bits per heavy atom. The molecular formula is C23H22Cl2N6O2S. The van der Waals surface area contributed by atoms with Crippen molar-refractivity contribution >= 4 is 49.7 Å². The van der Waals surface area contributed by atoms with Crippen molar-refractivity contribution in [3.05, 3.63) is 64.5 Å². The molecule has 3 aromatic heterocycles. The second-order valence-corrected chi connectivity index (χ2v) is 11.4. The van der Waals surface area contributed by atoms with Crippen LogP contribution in [0.15, 0.2) is 48.9 Å². The summed E-state index contributed by atoms with van der Waals surface area (Å²) in [6.07, 6.45) is 4.50.